The largest absolute Gasteiger partial charge is 0.478 e. The minimum absolute atomic E-state index is 0.0387. The van der Waals surface area contributed by atoms with Gasteiger partial charge in [0.2, 0.25) is 10.0 Å². The molecular formula is C22H27FN4O5S. The smallest absolute Gasteiger partial charge is 0.279 e. The Kier molecular flexibility index (Phi) is 7.54. The monoisotopic (exact) mass is 478 g/mol. The fourth-order valence-electron chi connectivity index (χ4n) is 3.37. The van der Waals surface area contributed by atoms with Crippen LogP contribution in [0.5, 0.6) is 5.75 Å². The van der Waals surface area contributed by atoms with E-state index < -0.39 is 33.8 Å². The molecule has 0 aromatic heterocycles. The van der Waals surface area contributed by atoms with E-state index in [4.69, 9.17) is 4.74 Å². The van der Waals surface area contributed by atoms with E-state index in [1.807, 2.05) is 4.90 Å². The molecule has 2 aromatic carbocycles. The van der Waals surface area contributed by atoms with Gasteiger partial charge < -0.3 is 9.64 Å². The second-order valence-electron chi connectivity index (χ2n) is 7.79. The van der Waals surface area contributed by atoms with Crippen LogP contribution in [0.1, 0.15) is 30.1 Å². The summed E-state index contributed by atoms with van der Waals surface area (Å²) >= 11 is 0. The first-order valence-corrected chi connectivity index (χ1v) is 11.9. The maximum atomic E-state index is 13.7. The Bertz CT molecular complexity index is 1130. The van der Waals surface area contributed by atoms with E-state index in [1.165, 1.54) is 51.4 Å². The van der Waals surface area contributed by atoms with E-state index >= 15 is 0 Å². The highest BCUT2D eigenvalue weighted by Gasteiger charge is 2.25. The molecule has 2 amide bonds. The lowest BCUT2D eigenvalue weighted by molar-refractivity contribution is -0.128. The van der Waals surface area contributed by atoms with Gasteiger partial charge in [0.1, 0.15) is 0 Å². The van der Waals surface area contributed by atoms with Crippen molar-refractivity contribution in [3.05, 3.63) is 53.8 Å². The molecule has 0 radical (unpaired) electrons. The molecule has 0 saturated carbocycles. The summed E-state index contributed by atoms with van der Waals surface area (Å²) in [5.74, 6) is -2.09. The Labute approximate surface area is 192 Å². The molecular weight excluding hydrogens is 451 g/mol. The lowest BCUT2D eigenvalue weighted by Crippen LogP contribution is -2.47. The van der Waals surface area contributed by atoms with Gasteiger partial charge in [-0.25, -0.2) is 17.1 Å². The highest BCUT2D eigenvalue weighted by molar-refractivity contribution is 7.89. The van der Waals surface area contributed by atoms with Gasteiger partial charge in [-0.3, -0.25) is 20.4 Å². The molecule has 9 nitrogen and oxygen atoms in total. The Morgan fingerprint density at radius 1 is 1.09 bits per heavy atom. The van der Waals surface area contributed by atoms with Crippen LogP contribution in [0.3, 0.4) is 0 Å². The molecule has 3 rings (SSSR count). The lowest BCUT2D eigenvalue weighted by atomic mass is 10.1. The summed E-state index contributed by atoms with van der Waals surface area (Å²) in [6.45, 7) is 2.88. The van der Waals surface area contributed by atoms with Gasteiger partial charge in [-0.15, -0.1) is 0 Å². The van der Waals surface area contributed by atoms with E-state index in [2.05, 4.69) is 10.9 Å². The fourth-order valence-corrected chi connectivity index (χ4v) is 4.30. The zero-order valence-corrected chi connectivity index (χ0v) is 19.5. The predicted octanol–water partition coefficient (Wildman–Crippen LogP) is 1.90. The third-order valence-electron chi connectivity index (χ3n) is 5.25. The molecule has 0 aliphatic carbocycles. The number of hydrogen-bond donors (Lipinski definition) is 2. The van der Waals surface area contributed by atoms with Crippen LogP contribution < -0.4 is 20.5 Å². The van der Waals surface area contributed by atoms with Crippen LogP contribution in [-0.2, 0) is 14.8 Å². The van der Waals surface area contributed by atoms with Gasteiger partial charge in [-0.2, -0.15) is 0 Å². The first kappa shape index (κ1) is 24.5. The van der Waals surface area contributed by atoms with Crippen molar-refractivity contribution in [2.75, 3.05) is 32.1 Å². The van der Waals surface area contributed by atoms with Crippen molar-refractivity contribution in [1.82, 2.24) is 15.2 Å². The van der Waals surface area contributed by atoms with Crippen LogP contribution in [0.25, 0.3) is 0 Å². The molecule has 1 fully saturated rings. The van der Waals surface area contributed by atoms with Crippen LogP contribution >= 0.6 is 0 Å². The molecule has 11 heteroatoms. The highest BCUT2D eigenvalue weighted by atomic mass is 32.2. The fraction of sp³-hybridized carbons (Fsp3) is 0.364. The number of amides is 2. The summed E-state index contributed by atoms with van der Waals surface area (Å²) in [6, 6.07) is 10.0. The van der Waals surface area contributed by atoms with Gasteiger partial charge in [-0.1, -0.05) is 12.1 Å². The van der Waals surface area contributed by atoms with E-state index in [0.717, 1.165) is 30.2 Å². The van der Waals surface area contributed by atoms with Gasteiger partial charge in [0, 0.05) is 32.9 Å². The first-order valence-electron chi connectivity index (χ1n) is 10.4. The quantitative estimate of drug-likeness (QED) is 0.589. The van der Waals surface area contributed by atoms with E-state index in [0.29, 0.717) is 5.69 Å². The number of carbonyl (C=O) groups excluding carboxylic acids is 2. The van der Waals surface area contributed by atoms with Crippen molar-refractivity contribution in [1.29, 1.82) is 0 Å². The van der Waals surface area contributed by atoms with Gasteiger partial charge >= 0.3 is 0 Å². The van der Waals surface area contributed by atoms with E-state index in [-0.39, 0.29) is 16.2 Å². The Balaban J connectivity index is 1.77. The third-order valence-corrected chi connectivity index (χ3v) is 7.06. The number of anilines is 1. The molecule has 0 unspecified atom stereocenters. The number of rotatable bonds is 7. The number of para-hydroxylation sites is 1. The van der Waals surface area contributed by atoms with Crippen LogP contribution in [0.15, 0.2) is 47.4 Å². The third kappa shape index (κ3) is 5.60. The summed E-state index contributed by atoms with van der Waals surface area (Å²) in [7, 11) is -0.958. The summed E-state index contributed by atoms with van der Waals surface area (Å²) in [4.78, 5) is 27.3. The second-order valence-corrected chi connectivity index (χ2v) is 9.95. The minimum Gasteiger partial charge on any atom is -0.478 e. The number of hydrazine groups is 1. The van der Waals surface area contributed by atoms with Crippen LogP contribution in [0.2, 0.25) is 0 Å². The van der Waals surface area contributed by atoms with Crippen molar-refractivity contribution >= 4 is 27.5 Å². The number of benzene rings is 2. The highest BCUT2D eigenvalue weighted by Crippen LogP contribution is 2.28. The standard InChI is InChI=1S/C22H27FN4O5S/c1-15(32-20-9-5-4-8-18(20)23)21(28)24-25-22(29)17-14-16(33(30,31)26(2)3)10-11-19(17)27-12-6-7-13-27/h4-5,8-11,14-15H,6-7,12-13H2,1-3H3,(H,24,28)(H,25,29)/t15-/m0/s1. The molecule has 33 heavy (non-hydrogen) atoms. The average molecular weight is 479 g/mol. The van der Waals surface area contributed by atoms with Crippen LogP contribution in [0, 0.1) is 5.82 Å². The van der Waals surface area contributed by atoms with Crippen LogP contribution in [-0.4, -0.2) is 57.8 Å². The van der Waals surface area contributed by atoms with Crippen LogP contribution in [0.4, 0.5) is 10.1 Å². The summed E-state index contributed by atoms with van der Waals surface area (Å²) < 4.78 is 45.2. The number of sulfonamides is 1. The summed E-state index contributed by atoms with van der Waals surface area (Å²) in [6.07, 6.45) is 0.821. The molecule has 1 aliphatic rings. The molecule has 1 aliphatic heterocycles. The molecule has 1 atom stereocenters. The molecule has 2 aromatic rings. The predicted molar refractivity (Wildman–Crippen MR) is 121 cm³/mol. The maximum absolute atomic E-state index is 13.7. The number of nitrogens with one attached hydrogen (secondary N) is 2. The Morgan fingerprint density at radius 3 is 2.39 bits per heavy atom. The number of ether oxygens (including phenoxy) is 1. The number of halogens is 1. The van der Waals surface area contributed by atoms with Crippen molar-refractivity contribution in [2.24, 2.45) is 0 Å². The van der Waals surface area contributed by atoms with E-state index in [1.54, 1.807) is 12.1 Å². The summed E-state index contributed by atoms with van der Waals surface area (Å²) in [5.41, 5.74) is 5.25. The molecule has 2 N–H and O–H groups in total. The van der Waals surface area contributed by atoms with Gasteiger partial charge in [0.05, 0.1) is 10.5 Å². The zero-order valence-electron chi connectivity index (χ0n) is 18.7. The van der Waals surface area contributed by atoms with Gasteiger partial charge in [-0.05, 0) is 50.1 Å². The first-order chi connectivity index (χ1) is 15.6. The molecule has 1 heterocycles. The van der Waals surface area contributed by atoms with Gasteiger partial charge in [0.25, 0.3) is 11.8 Å². The van der Waals surface area contributed by atoms with Crippen molar-refractivity contribution in [3.63, 3.8) is 0 Å². The lowest BCUT2D eigenvalue weighted by Gasteiger charge is -2.22. The number of carbonyl (C=O) groups is 2. The Morgan fingerprint density at radius 2 is 1.76 bits per heavy atom. The Hall–Kier alpha value is -3.18. The molecule has 0 spiro atoms. The van der Waals surface area contributed by atoms with E-state index in [9.17, 15) is 22.4 Å². The van der Waals surface area contributed by atoms with Crippen molar-refractivity contribution in [3.8, 4) is 5.75 Å². The zero-order chi connectivity index (χ0) is 24.2. The molecule has 178 valence electrons. The minimum atomic E-state index is -3.76. The number of nitrogens with zero attached hydrogens (tertiary/aromatic N) is 2. The summed E-state index contributed by atoms with van der Waals surface area (Å²) in [5, 5.41) is 0. The number of hydrogen-bond acceptors (Lipinski definition) is 6. The van der Waals surface area contributed by atoms with Crippen molar-refractivity contribution in [2.45, 2.75) is 30.8 Å². The topological polar surface area (TPSA) is 108 Å². The maximum Gasteiger partial charge on any atom is 0.279 e. The van der Waals surface area contributed by atoms with Crippen molar-refractivity contribution < 1.29 is 27.1 Å². The molecule has 0 bridgehead atoms. The SMILES string of the molecule is C[C@H](Oc1ccccc1F)C(=O)NNC(=O)c1cc(S(=O)(=O)N(C)C)ccc1N1CCCC1. The normalized spacial score (nSPS) is 14.8. The van der Waals surface area contributed by atoms with Gasteiger partial charge in [0.15, 0.2) is 17.7 Å². The second kappa shape index (κ2) is 10.2. The molecule has 1 saturated heterocycles. The average Bonchev–Trinajstić information content (AvgIpc) is 3.33.